The average Bonchev–Trinajstić information content (AvgIpc) is 3.13. The quantitative estimate of drug-likeness (QED) is 0.913. The van der Waals surface area contributed by atoms with E-state index in [-0.39, 0.29) is 0 Å². The third kappa shape index (κ3) is 2.37. The van der Waals surface area contributed by atoms with E-state index < -0.39 is 0 Å². The minimum atomic E-state index is 0.508. The standard InChI is InChI=1S/C17H24N4O/c1-2-12-10-18-15-14(12)16(20-11-19-15)21-13-3-4-17(9-13)5-7-22-8-6-17/h10-11,13H,2-9H2,1H3,(H2,18,19,20,21). The van der Waals surface area contributed by atoms with Gasteiger partial charge in [-0.2, -0.15) is 0 Å². The molecule has 22 heavy (non-hydrogen) atoms. The number of aromatic nitrogens is 3. The van der Waals surface area contributed by atoms with Crippen molar-refractivity contribution in [3.8, 4) is 0 Å². The monoisotopic (exact) mass is 300 g/mol. The van der Waals surface area contributed by atoms with Gasteiger partial charge in [0.25, 0.3) is 0 Å². The fourth-order valence-corrected chi connectivity index (χ4v) is 4.20. The first-order chi connectivity index (χ1) is 10.8. The number of H-pyrrole nitrogens is 1. The summed E-state index contributed by atoms with van der Waals surface area (Å²) in [6.45, 7) is 4.04. The van der Waals surface area contributed by atoms with Gasteiger partial charge >= 0.3 is 0 Å². The molecule has 2 aromatic heterocycles. The summed E-state index contributed by atoms with van der Waals surface area (Å²) in [5, 5.41) is 4.87. The van der Waals surface area contributed by atoms with Gasteiger partial charge in [0, 0.05) is 25.5 Å². The zero-order valence-electron chi connectivity index (χ0n) is 13.2. The second-order valence-corrected chi connectivity index (χ2v) is 6.81. The molecule has 0 radical (unpaired) electrons. The van der Waals surface area contributed by atoms with Crippen molar-refractivity contribution in [1.29, 1.82) is 0 Å². The summed E-state index contributed by atoms with van der Waals surface area (Å²) in [4.78, 5) is 12.1. The molecule has 4 rings (SSSR count). The van der Waals surface area contributed by atoms with E-state index in [1.807, 2.05) is 0 Å². The predicted octanol–water partition coefficient (Wildman–Crippen LogP) is 3.28. The zero-order chi connectivity index (χ0) is 15.0. The van der Waals surface area contributed by atoms with Crippen molar-refractivity contribution >= 4 is 16.9 Å². The number of hydrogen-bond acceptors (Lipinski definition) is 4. The number of aromatic amines is 1. The van der Waals surface area contributed by atoms with Crippen LogP contribution in [0.25, 0.3) is 11.0 Å². The first kappa shape index (κ1) is 14.0. The van der Waals surface area contributed by atoms with Crippen molar-refractivity contribution in [2.24, 2.45) is 5.41 Å². The van der Waals surface area contributed by atoms with E-state index in [9.17, 15) is 0 Å². The van der Waals surface area contributed by atoms with E-state index in [0.29, 0.717) is 11.5 Å². The van der Waals surface area contributed by atoms with Crippen LogP contribution in [0.2, 0.25) is 0 Å². The van der Waals surface area contributed by atoms with Gasteiger partial charge in [-0.25, -0.2) is 9.97 Å². The minimum absolute atomic E-state index is 0.508. The summed E-state index contributed by atoms with van der Waals surface area (Å²) in [5.74, 6) is 0.997. The highest BCUT2D eigenvalue weighted by molar-refractivity contribution is 5.90. The van der Waals surface area contributed by atoms with Crippen molar-refractivity contribution in [1.82, 2.24) is 15.0 Å². The fourth-order valence-electron chi connectivity index (χ4n) is 4.20. The lowest BCUT2D eigenvalue weighted by Gasteiger charge is -2.33. The van der Waals surface area contributed by atoms with Crippen LogP contribution in [-0.4, -0.2) is 34.2 Å². The van der Waals surface area contributed by atoms with Crippen molar-refractivity contribution < 1.29 is 4.74 Å². The molecule has 2 N–H and O–H groups in total. The van der Waals surface area contributed by atoms with Crippen LogP contribution in [-0.2, 0) is 11.2 Å². The van der Waals surface area contributed by atoms with E-state index in [1.54, 1.807) is 6.33 Å². The van der Waals surface area contributed by atoms with Crippen LogP contribution in [0, 0.1) is 5.41 Å². The lowest BCUT2D eigenvalue weighted by molar-refractivity contribution is 0.0178. The molecule has 0 bridgehead atoms. The van der Waals surface area contributed by atoms with E-state index >= 15 is 0 Å². The van der Waals surface area contributed by atoms with E-state index in [1.165, 1.54) is 37.7 Å². The Morgan fingerprint density at radius 1 is 1.32 bits per heavy atom. The normalized spacial score (nSPS) is 24.1. The first-order valence-corrected chi connectivity index (χ1v) is 8.45. The van der Waals surface area contributed by atoms with Gasteiger partial charge in [-0.15, -0.1) is 0 Å². The van der Waals surface area contributed by atoms with Gasteiger partial charge in [0.2, 0.25) is 0 Å². The number of anilines is 1. The molecule has 3 heterocycles. The van der Waals surface area contributed by atoms with E-state index in [4.69, 9.17) is 4.74 Å². The second kappa shape index (κ2) is 5.54. The molecule has 2 fully saturated rings. The molecule has 1 saturated heterocycles. The maximum Gasteiger partial charge on any atom is 0.143 e. The summed E-state index contributed by atoms with van der Waals surface area (Å²) in [6.07, 6.45) is 10.9. The Morgan fingerprint density at radius 3 is 3.00 bits per heavy atom. The summed E-state index contributed by atoms with van der Waals surface area (Å²) in [6, 6.07) is 0.524. The van der Waals surface area contributed by atoms with Crippen LogP contribution in [0.5, 0.6) is 0 Å². The van der Waals surface area contributed by atoms with Gasteiger partial charge in [-0.3, -0.25) is 0 Å². The van der Waals surface area contributed by atoms with Gasteiger partial charge in [0.15, 0.2) is 0 Å². The highest BCUT2D eigenvalue weighted by atomic mass is 16.5. The minimum Gasteiger partial charge on any atom is -0.381 e. The van der Waals surface area contributed by atoms with Crippen LogP contribution in [0.1, 0.15) is 44.6 Å². The molecular weight excluding hydrogens is 276 g/mol. The van der Waals surface area contributed by atoms with E-state index in [2.05, 4.69) is 33.4 Å². The molecule has 0 aromatic carbocycles. The Kier molecular flexibility index (Phi) is 3.53. The molecule has 1 unspecified atom stereocenters. The first-order valence-electron chi connectivity index (χ1n) is 8.45. The Bertz CT molecular complexity index is 660. The number of fused-ring (bicyclic) bond motifs is 1. The van der Waals surface area contributed by atoms with Crippen molar-refractivity contribution in [3.05, 3.63) is 18.1 Å². The average molecular weight is 300 g/mol. The fraction of sp³-hybridized carbons (Fsp3) is 0.647. The maximum absolute atomic E-state index is 5.54. The second-order valence-electron chi connectivity index (χ2n) is 6.81. The van der Waals surface area contributed by atoms with Crippen molar-refractivity contribution in [2.45, 2.75) is 51.5 Å². The topological polar surface area (TPSA) is 62.8 Å². The van der Waals surface area contributed by atoms with Crippen LogP contribution in [0.15, 0.2) is 12.5 Å². The highest BCUT2D eigenvalue weighted by Gasteiger charge is 2.40. The molecule has 1 saturated carbocycles. The Morgan fingerprint density at radius 2 is 2.18 bits per heavy atom. The zero-order valence-corrected chi connectivity index (χ0v) is 13.2. The SMILES string of the molecule is CCc1c[nH]c2ncnc(NC3CCC4(CCOCC4)C3)c12. The maximum atomic E-state index is 5.54. The Hall–Kier alpha value is -1.62. The molecule has 2 aromatic rings. The third-order valence-corrected chi connectivity index (χ3v) is 5.53. The van der Waals surface area contributed by atoms with Crippen LogP contribution >= 0.6 is 0 Å². The van der Waals surface area contributed by atoms with Crippen molar-refractivity contribution in [3.63, 3.8) is 0 Å². The van der Waals surface area contributed by atoms with Gasteiger partial charge in [0.05, 0.1) is 5.39 Å². The van der Waals surface area contributed by atoms with Crippen molar-refractivity contribution in [2.75, 3.05) is 18.5 Å². The Labute approximate surface area is 130 Å². The summed E-state index contributed by atoms with van der Waals surface area (Å²) in [7, 11) is 0. The number of hydrogen-bond donors (Lipinski definition) is 2. The van der Waals surface area contributed by atoms with Crippen LogP contribution in [0.3, 0.4) is 0 Å². The number of aryl methyl sites for hydroxylation is 1. The molecule has 1 atom stereocenters. The molecule has 5 nitrogen and oxygen atoms in total. The van der Waals surface area contributed by atoms with Gasteiger partial charge in [0.1, 0.15) is 17.8 Å². The molecule has 1 spiro atoms. The largest absolute Gasteiger partial charge is 0.381 e. The molecular formula is C17H24N4O. The van der Waals surface area contributed by atoms with Gasteiger partial charge in [-0.1, -0.05) is 6.92 Å². The summed E-state index contributed by atoms with van der Waals surface area (Å²) < 4.78 is 5.54. The molecule has 0 amide bonds. The number of ether oxygens (including phenoxy) is 1. The molecule has 118 valence electrons. The summed E-state index contributed by atoms with van der Waals surface area (Å²) in [5.41, 5.74) is 2.73. The van der Waals surface area contributed by atoms with Gasteiger partial charge in [-0.05, 0) is 49.5 Å². The number of nitrogens with zero attached hydrogens (tertiary/aromatic N) is 2. The third-order valence-electron chi connectivity index (χ3n) is 5.53. The lowest BCUT2D eigenvalue weighted by Crippen LogP contribution is -2.28. The molecule has 2 aliphatic rings. The lowest BCUT2D eigenvalue weighted by atomic mass is 9.79. The number of nitrogens with one attached hydrogen (secondary N) is 2. The van der Waals surface area contributed by atoms with E-state index in [0.717, 1.165) is 36.5 Å². The molecule has 1 aliphatic carbocycles. The van der Waals surface area contributed by atoms with Crippen LogP contribution < -0.4 is 5.32 Å². The highest BCUT2D eigenvalue weighted by Crippen LogP contribution is 2.46. The summed E-state index contributed by atoms with van der Waals surface area (Å²) >= 11 is 0. The molecule has 1 aliphatic heterocycles. The molecule has 5 heteroatoms. The van der Waals surface area contributed by atoms with Gasteiger partial charge < -0.3 is 15.0 Å². The smallest absolute Gasteiger partial charge is 0.143 e. The number of rotatable bonds is 3. The predicted molar refractivity (Wildman–Crippen MR) is 87.0 cm³/mol. The van der Waals surface area contributed by atoms with Crippen LogP contribution in [0.4, 0.5) is 5.82 Å². The Balaban J connectivity index is 1.55.